The third-order valence-electron chi connectivity index (χ3n) is 2.34. The van der Waals surface area contributed by atoms with Crippen LogP contribution in [0, 0.1) is 0 Å². The molecule has 3 heteroatoms. The predicted molar refractivity (Wildman–Crippen MR) is 52.4 cm³/mol. The molecule has 1 atom stereocenters. The van der Waals surface area contributed by atoms with Crippen molar-refractivity contribution >= 4 is 11.8 Å². The molecule has 2 heterocycles. The van der Waals surface area contributed by atoms with Crippen molar-refractivity contribution < 1.29 is 4.74 Å². The molecule has 2 aliphatic rings. The van der Waals surface area contributed by atoms with Gasteiger partial charge in [-0.1, -0.05) is 6.08 Å². The lowest BCUT2D eigenvalue weighted by molar-refractivity contribution is 0.0541. The molecule has 0 spiro atoms. The summed E-state index contributed by atoms with van der Waals surface area (Å²) >= 11 is 2.02. The molecule has 0 aromatic carbocycles. The van der Waals surface area contributed by atoms with E-state index in [1.54, 1.807) is 0 Å². The second-order valence-corrected chi connectivity index (χ2v) is 4.64. The Labute approximate surface area is 78.0 Å². The molecule has 0 amide bonds. The molecule has 0 N–H and O–H groups in total. The molecule has 0 aromatic rings. The average Bonchev–Trinajstić information content (AvgIpc) is 2.54. The van der Waals surface area contributed by atoms with Gasteiger partial charge in [-0.2, -0.15) is 0 Å². The van der Waals surface area contributed by atoms with Gasteiger partial charge < -0.3 is 9.64 Å². The summed E-state index contributed by atoms with van der Waals surface area (Å²) in [5, 5.41) is 0.711. The molecule has 0 radical (unpaired) electrons. The summed E-state index contributed by atoms with van der Waals surface area (Å²) in [6, 6.07) is 0. The van der Waals surface area contributed by atoms with Gasteiger partial charge in [0.25, 0.3) is 0 Å². The first-order valence-electron chi connectivity index (χ1n) is 4.51. The maximum absolute atomic E-state index is 5.31. The summed E-state index contributed by atoms with van der Waals surface area (Å²) < 4.78 is 5.31. The van der Waals surface area contributed by atoms with Gasteiger partial charge in [0.1, 0.15) is 0 Å². The first kappa shape index (κ1) is 8.45. The van der Waals surface area contributed by atoms with Crippen LogP contribution in [0.1, 0.15) is 6.92 Å². The van der Waals surface area contributed by atoms with E-state index < -0.39 is 0 Å². The highest BCUT2D eigenvalue weighted by molar-refractivity contribution is 8.00. The summed E-state index contributed by atoms with van der Waals surface area (Å²) in [6.45, 7) is 6.23. The van der Waals surface area contributed by atoms with Crippen molar-refractivity contribution in [1.29, 1.82) is 0 Å². The number of hydrogen-bond donors (Lipinski definition) is 0. The minimum Gasteiger partial charge on any atom is -0.378 e. The summed E-state index contributed by atoms with van der Waals surface area (Å²) in [7, 11) is 0. The van der Waals surface area contributed by atoms with Crippen LogP contribution >= 0.6 is 11.8 Å². The van der Waals surface area contributed by atoms with E-state index in [1.807, 2.05) is 11.8 Å². The molecular weight excluding hydrogens is 170 g/mol. The molecule has 68 valence electrons. The van der Waals surface area contributed by atoms with Crippen LogP contribution in [-0.2, 0) is 4.74 Å². The topological polar surface area (TPSA) is 12.5 Å². The van der Waals surface area contributed by atoms with Gasteiger partial charge in [-0.3, -0.25) is 0 Å². The zero-order valence-corrected chi connectivity index (χ0v) is 8.27. The van der Waals surface area contributed by atoms with Gasteiger partial charge in [-0.15, -0.1) is 11.8 Å². The van der Waals surface area contributed by atoms with E-state index in [2.05, 4.69) is 17.9 Å². The van der Waals surface area contributed by atoms with Crippen LogP contribution in [0.25, 0.3) is 0 Å². The van der Waals surface area contributed by atoms with E-state index in [1.165, 1.54) is 11.4 Å². The quantitative estimate of drug-likeness (QED) is 0.611. The first-order valence-corrected chi connectivity index (χ1v) is 5.56. The Hall–Kier alpha value is -0.150. The van der Waals surface area contributed by atoms with Crippen molar-refractivity contribution in [1.82, 2.24) is 4.90 Å². The minimum absolute atomic E-state index is 0.711. The highest BCUT2D eigenvalue weighted by Crippen LogP contribution is 2.27. The van der Waals surface area contributed by atoms with Crippen molar-refractivity contribution in [3.63, 3.8) is 0 Å². The third-order valence-corrected chi connectivity index (χ3v) is 3.46. The molecule has 2 nitrogen and oxygen atoms in total. The van der Waals surface area contributed by atoms with E-state index in [9.17, 15) is 0 Å². The van der Waals surface area contributed by atoms with E-state index in [4.69, 9.17) is 4.74 Å². The van der Waals surface area contributed by atoms with E-state index in [0.29, 0.717) is 5.25 Å². The van der Waals surface area contributed by atoms with Crippen LogP contribution in [0.2, 0.25) is 0 Å². The van der Waals surface area contributed by atoms with Gasteiger partial charge >= 0.3 is 0 Å². The lowest BCUT2D eigenvalue weighted by atomic mass is 10.3. The maximum atomic E-state index is 5.31. The number of ether oxygens (including phenoxy) is 1. The Morgan fingerprint density at radius 2 is 2.25 bits per heavy atom. The molecular formula is C9H15NOS. The van der Waals surface area contributed by atoms with Crippen LogP contribution in [0.4, 0.5) is 0 Å². The molecule has 2 aliphatic heterocycles. The smallest absolute Gasteiger partial charge is 0.0642 e. The predicted octanol–water partition coefficient (Wildman–Crippen LogP) is 1.34. The van der Waals surface area contributed by atoms with Crippen LogP contribution < -0.4 is 0 Å². The van der Waals surface area contributed by atoms with Crippen molar-refractivity contribution in [2.24, 2.45) is 0 Å². The molecule has 0 bridgehead atoms. The molecule has 12 heavy (non-hydrogen) atoms. The largest absolute Gasteiger partial charge is 0.378 e. The monoisotopic (exact) mass is 185 g/mol. The Bertz CT molecular complexity index is 187. The van der Waals surface area contributed by atoms with Crippen molar-refractivity contribution in [2.75, 3.05) is 32.1 Å². The third kappa shape index (κ3) is 1.77. The number of rotatable bonds is 1. The molecule has 0 aliphatic carbocycles. The average molecular weight is 185 g/mol. The number of hydrogen-bond acceptors (Lipinski definition) is 3. The number of thioether (sulfide) groups is 1. The summed E-state index contributed by atoms with van der Waals surface area (Å²) in [5.74, 6) is 1.20. The Morgan fingerprint density at radius 3 is 2.83 bits per heavy atom. The highest BCUT2D eigenvalue weighted by atomic mass is 32.2. The fourth-order valence-electron chi connectivity index (χ4n) is 1.63. The van der Waals surface area contributed by atoms with E-state index in [-0.39, 0.29) is 0 Å². The molecule has 0 saturated carbocycles. The zero-order chi connectivity index (χ0) is 8.39. The summed E-state index contributed by atoms with van der Waals surface area (Å²) in [6.07, 6.45) is 2.38. The van der Waals surface area contributed by atoms with Crippen molar-refractivity contribution in [3.8, 4) is 0 Å². The SMILES string of the molecule is CC1C=C(N2CCOCC2)CS1. The molecule has 1 unspecified atom stereocenters. The molecule has 0 aromatic heterocycles. The van der Waals surface area contributed by atoms with Crippen LogP contribution in [0.3, 0.4) is 0 Å². The standard InChI is InChI=1S/C9H15NOS/c1-8-6-9(7-12-8)10-2-4-11-5-3-10/h6,8H,2-5,7H2,1H3. The van der Waals surface area contributed by atoms with Crippen LogP contribution in [0.5, 0.6) is 0 Å². The van der Waals surface area contributed by atoms with E-state index in [0.717, 1.165) is 26.3 Å². The fourth-order valence-corrected chi connectivity index (χ4v) is 2.60. The summed E-state index contributed by atoms with van der Waals surface area (Å²) in [5.41, 5.74) is 1.52. The maximum Gasteiger partial charge on any atom is 0.0642 e. The number of nitrogens with zero attached hydrogens (tertiary/aromatic N) is 1. The lowest BCUT2D eigenvalue weighted by Crippen LogP contribution is -2.35. The van der Waals surface area contributed by atoms with Gasteiger partial charge in [0, 0.05) is 29.8 Å². The first-order chi connectivity index (χ1) is 5.86. The zero-order valence-electron chi connectivity index (χ0n) is 7.45. The van der Waals surface area contributed by atoms with E-state index >= 15 is 0 Å². The second-order valence-electron chi connectivity index (χ2n) is 3.27. The Kier molecular flexibility index (Phi) is 2.61. The Balaban J connectivity index is 1.94. The highest BCUT2D eigenvalue weighted by Gasteiger charge is 2.19. The normalized spacial score (nSPS) is 30.6. The molecule has 1 saturated heterocycles. The van der Waals surface area contributed by atoms with Gasteiger partial charge in [0.15, 0.2) is 0 Å². The Morgan fingerprint density at radius 1 is 1.50 bits per heavy atom. The summed E-state index contributed by atoms with van der Waals surface area (Å²) in [4.78, 5) is 2.46. The van der Waals surface area contributed by atoms with Gasteiger partial charge in [0.05, 0.1) is 13.2 Å². The lowest BCUT2D eigenvalue weighted by Gasteiger charge is -2.29. The molecule has 2 rings (SSSR count). The molecule has 1 fully saturated rings. The van der Waals surface area contributed by atoms with Gasteiger partial charge in [-0.25, -0.2) is 0 Å². The fraction of sp³-hybridized carbons (Fsp3) is 0.778. The van der Waals surface area contributed by atoms with Crippen LogP contribution in [-0.4, -0.2) is 42.2 Å². The number of morpholine rings is 1. The van der Waals surface area contributed by atoms with Crippen LogP contribution in [0.15, 0.2) is 11.8 Å². The van der Waals surface area contributed by atoms with Gasteiger partial charge in [-0.05, 0) is 6.92 Å². The van der Waals surface area contributed by atoms with Crippen molar-refractivity contribution in [3.05, 3.63) is 11.8 Å². The minimum atomic E-state index is 0.711. The van der Waals surface area contributed by atoms with Crippen molar-refractivity contribution in [2.45, 2.75) is 12.2 Å². The van der Waals surface area contributed by atoms with Gasteiger partial charge in [0.2, 0.25) is 0 Å². The second kappa shape index (κ2) is 3.71.